The van der Waals surface area contributed by atoms with Crippen LogP contribution in [-0.4, -0.2) is 41.6 Å². The van der Waals surface area contributed by atoms with Gasteiger partial charge in [0, 0.05) is 30.8 Å². The highest BCUT2D eigenvalue weighted by Crippen LogP contribution is 2.30. The number of nitrogens with one attached hydrogen (secondary N) is 2. The number of hydrogen-bond donors (Lipinski definition) is 2. The van der Waals surface area contributed by atoms with Gasteiger partial charge in [-0.3, -0.25) is 4.90 Å². The van der Waals surface area contributed by atoms with Gasteiger partial charge in [0.15, 0.2) is 0 Å². The summed E-state index contributed by atoms with van der Waals surface area (Å²) in [5.41, 5.74) is 4.93. The molecule has 0 aliphatic carbocycles. The molecule has 4 rings (SSSR count). The van der Waals surface area contributed by atoms with Gasteiger partial charge >= 0.3 is 0 Å². The van der Waals surface area contributed by atoms with E-state index in [1.165, 1.54) is 42.8 Å². The molecule has 5 nitrogen and oxygen atoms in total. The second-order valence-corrected chi connectivity index (χ2v) is 6.46. The second kappa shape index (κ2) is 6.34. The van der Waals surface area contributed by atoms with Crippen LogP contribution in [0, 0.1) is 0 Å². The Kier molecular flexibility index (Phi) is 4.06. The highest BCUT2D eigenvalue weighted by atomic mass is 16.5. The Labute approximate surface area is 137 Å². The number of H-pyrrole nitrogens is 1. The maximum Gasteiger partial charge on any atom is 0.123 e. The minimum absolute atomic E-state index is 0.174. The third-order valence-electron chi connectivity index (χ3n) is 4.98. The van der Waals surface area contributed by atoms with Crippen molar-refractivity contribution in [3.8, 4) is 5.75 Å². The summed E-state index contributed by atoms with van der Waals surface area (Å²) in [6.45, 7) is 4.33. The number of nitrogens with zero attached hydrogens (tertiary/aromatic N) is 2. The fourth-order valence-corrected chi connectivity index (χ4v) is 3.78. The Bertz CT molecular complexity index is 675. The van der Waals surface area contributed by atoms with E-state index in [0.717, 1.165) is 31.0 Å². The van der Waals surface area contributed by atoms with Gasteiger partial charge in [-0.2, -0.15) is 0 Å². The Hall–Kier alpha value is -1.85. The molecule has 0 bridgehead atoms. The van der Waals surface area contributed by atoms with E-state index in [9.17, 15) is 0 Å². The average Bonchev–Trinajstić information content (AvgIpc) is 3.25. The predicted molar refractivity (Wildman–Crippen MR) is 89.6 cm³/mol. The van der Waals surface area contributed by atoms with E-state index in [2.05, 4.69) is 38.4 Å². The van der Waals surface area contributed by atoms with Gasteiger partial charge in [0.1, 0.15) is 5.75 Å². The molecule has 2 aromatic rings. The summed E-state index contributed by atoms with van der Waals surface area (Å²) < 4.78 is 5.58. The largest absolute Gasteiger partial charge is 0.496 e. The summed E-state index contributed by atoms with van der Waals surface area (Å²) >= 11 is 0. The minimum Gasteiger partial charge on any atom is -0.496 e. The molecular weight excluding hydrogens is 288 g/mol. The van der Waals surface area contributed by atoms with E-state index in [0.29, 0.717) is 0 Å². The Balaban J connectivity index is 1.65. The summed E-state index contributed by atoms with van der Waals surface area (Å²) in [5.74, 6) is 0.985. The Morgan fingerprint density at radius 2 is 2.17 bits per heavy atom. The van der Waals surface area contributed by atoms with Crippen molar-refractivity contribution in [2.75, 3.05) is 26.7 Å². The number of hydrogen-bond acceptors (Lipinski definition) is 4. The molecule has 2 aliphatic rings. The molecule has 1 fully saturated rings. The molecule has 1 aromatic carbocycles. The van der Waals surface area contributed by atoms with Gasteiger partial charge < -0.3 is 15.0 Å². The molecule has 122 valence electrons. The van der Waals surface area contributed by atoms with E-state index < -0.39 is 0 Å². The standard InChI is InChI=1S/C18H24N4O/c1-23-16-5-4-13(10-14(16)11-22-8-2-3-9-22)17-18-15(6-7-19-17)20-12-21-18/h4-5,10,12,17,19H,2-3,6-9,11H2,1H3,(H,20,21). The molecule has 0 saturated carbocycles. The number of rotatable bonds is 4. The fourth-order valence-electron chi connectivity index (χ4n) is 3.78. The van der Waals surface area contributed by atoms with Gasteiger partial charge in [-0.1, -0.05) is 6.07 Å². The van der Waals surface area contributed by atoms with E-state index in [-0.39, 0.29) is 6.04 Å². The minimum atomic E-state index is 0.174. The van der Waals surface area contributed by atoms with Crippen molar-refractivity contribution in [1.82, 2.24) is 20.2 Å². The molecular formula is C18H24N4O. The van der Waals surface area contributed by atoms with Gasteiger partial charge in [0.05, 0.1) is 25.2 Å². The van der Waals surface area contributed by atoms with Crippen molar-refractivity contribution in [3.05, 3.63) is 47.0 Å². The molecule has 1 atom stereocenters. The first kappa shape index (κ1) is 14.7. The average molecular weight is 312 g/mol. The Morgan fingerprint density at radius 3 is 3.00 bits per heavy atom. The zero-order chi connectivity index (χ0) is 15.6. The first-order valence-electron chi connectivity index (χ1n) is 8.50. The maximum absolute atomic E-state index is 5.58. The molecule has 2 aliphatic heterocycles. The number of likely N-dealkylation sites (tertiary alicyclic amines) is 1. The molecule has 5 heteroatoms. The van der Waals surface area contributed by atoms with Gasteiger partial charge in [-0.25, -0.2) is 4.98 Å². The van der Waals surface area contributed by atoms with Crippen LogP contribution in [0.2, 0.25) is 0 Å². The zero-order valence-electron chi connectivity index (χ0n) is 13.6. The van der Waals surface area contributed by atoms with Crippen LogP contribution >= 0.6 is 0 Å². The van der Waals surface area contributed by atoms with Gasteiger partial charge in [-0.15, -0.1) is 0 Å². The van der Waals surface area contributed by atoms with Crippen molar-refractivity contribution < 1.29 is 4.74 Å². The SMILES string of the molecule is COc1ccc(C2NCCc3[nH]cnc32)cc1CN1CCCC1. The number of fused-ring (bicyclic) bond motifs is 1. The van der Waals surface area contributed by atoms with E-state index in [1.54, 1.807) is 13.4 Å². The number of methoxy groups -OCH3 is 1. The zero-order valence-corrected chi connectivity index (χ0v) is 13.6. The van der Waals surface area contributed by atoms with Crippen molar-refractivity contribution in [2.24, 2.45) is 0 Å². The summed E-state index contributed by atoms with van der Waals surface area (Å²) in [6, 6.07) is 6.73. The maximum atomic E-state index is 5.58. The van der Waals surface area contributed by atoms with Crippen LogP contribution in [0.5, 0.6) is 5.75 Å². The molecule has 1 aromatic heterocycles. The third-order valence-corrected chi connectivity index (χ3v) is 4.98. The second-order valence-electron chi connectivity index (χ2n) is 6.46. The topological polar surface area (TPSA) is 53.2 Å². The molecule has 0 amide bonds. The van der Waals surface area contributed by atoms with E-state index >= 15 is 0 Å². The molecule has 1 saturated heterocycles. The monoisotopic (exact) mass is 312 g/mol. The molecule has 0 spiro atoms. The lowest BCUT2D eigenvalue weighted by molar-refractivity contribution is 0.320. The lowest BCUT2D eigenvalue weighted by Gasteiger charge is -2.25. The summed E-state index contributed by atoms with van der Waals surface area (Å²) in [7, 11) is 1.76. The van der Waals surface area contributed by atoms with Crippen LogP contribution in [0.25, 0.3) is 0 Å². The normalized spacial score (nSPS) is 21.3. The summed E-state index contributed by atoms with van der Waals surface area (Å²) in [5, 5.41) is 3.60. The third kappa shape index (κ3) is 2.86. The van der Waals surface area contributed by atoms with Gasteiger partial charge in [0.25, 0.3) is 0 Å². The van der Waals surface area contributed by atoms with Crippen molar-refractivity contribution in [1.29, 1.82) is 0 Å². The van der Waals surface area contributed by atoms with Crippen molar-refractivity contribution in [2.45, 2.75) is 31.8 Å². The summed E-state index contributed by atoms with van der Waals surface area (Å²) in [6.07, 6.45) is 5.44. The van der Waals surface area contributed by atoms with Gasteiger partial charge in [-0.05, 0) is 43.6 Å². The number of ether oxygens (including phenoxy) is 1. The number of imidazole rings is 1. The van der Waals surface area contributed by atoms with Gasteiger partial charge in [0.2, 0.25) is 0 Å². The molecule has 2 N–H and O–H groups in total. The lowest BCUT2D eigenvalue weighted by atomic mass is 9.96. The Morgan fingerprint density at radius 1 is 1.30 bits per heavy atom. The molecule has 0 radical (unpaired) electrons. The van der Waals surface area contributed by atoms with Crippen LogP contribution in [0.15, 0.2) is 24.5 Å². The first-order valence-corrected chi connectivity index (χ1v) is 8.50. The lowest BCUT2D eigenvalue weighted by Crippen LogP contribution is -2.30. The molecule has 3 heterocycles. The number of benzene rings is 1. The predicted octanol–water partition coefficient (Wildman–Crippen LogP) is 2.25. The van der Waals surface area contributed by atoms with Crippen LogP contribution in [0.1, 0.15) is 41.4 Å². The number of aromatic nitrogens is 2. The fraction of sp³-hybridized carbons (Fsp3) is 0.500. The van der Waals surface area contributed by atoms with Crippen molar-refractivity contribution >= 4 is 0 Å². The first-order chi connectivity index (χ1) is 11.3. The smallest absolute Gasteiger partial charge is 0.123 e. The molecule has 23 heavy (non-hydrogen) atoms. The van der Waals surface area contributed by atoms with E-state index in [4.69, 9.17) is 4.74 Å². The highest BCUT2D eigenvalue weighted by molar-refractivity contribution is 5.41. The summed E-state index contributed by atoms with van der Waals surface area (Å²) in [4.78, 5) is 10.3. The van der Waals surface area contributed by atoms with Crippen LogP contribution in [0.3, 0.4) is 0 Å². The number of aromatic amines is 1. The van der Waals surface area contributed by atoms with Crippen LogP contribution < -0.4 is 10.1 Å². The van der Waals surface area contributed by atoms with Crippen LogP contribution in [0.4, 0.5) is 0 Å². The van der Waals surface area contributed by atoms with E-state index in [1.807, 2.05) is 0 Å². The molecule has 1 unspecified atom stereocenters. The quantitative estimate of drug-likeness (QED) is 0.909. The van der Waals surface area contributed by atoms with Crippen molar-refractivity contribution in [3.63, 3.8) is 0 Å². The van der Waals surface area contributed by atoms with Crippen LogP contribution in [-0.2, 0) is 13.0 Å². The highest BCUT2D eigenvalue weighted by Gasteiger charge is 2.25.